The standard InChI is InChI=1S/C13H15N3O4/c1-3-15(9-13(17)20-4-2)11-6-5-10(8-14)7-12(11)16(18)19/h5-7H,3-4,9H2,1-2H3. The van der Waals surface area contributed by atoms with Crippen molar-refractivity contribution in [3.8, 4) is 6.07 Å². The third-order valence-corrected chi connectivity index (χ3v) is 2.65. The number of ether oxygens (including phenoxy) is 1. The lowest BCUT2D eigenvalue weighted by Crippen LogP contribution is -2.31. The van der Waals surface area contributed by atoms with E-state index in [0.29, 0.717) is 12.2 Å². The van der Waals surface area contributed by atoms with E-state index >= 15 is 0 Å². The van der Waals surface area contributed by atoms with E-state index in [0.717, 1.165) is 0 Å². The van der Waals surface area contributed by atoms with Crippen LogP contribution in [0.5, 0.6) is 0 Å². The van der Waals surface area contributed by atoms with Gasteiger partial charge in [0.2, 0.25) is 0 Å². The number of carbonyl (C=O) groups excluding carboxylic acids is 1. The van der Waals surface area contributed by atoms with Crippen molar-refractivity contribution in [3.05, 3.63) is 33.9 Å². The van der Waals surface area contributed by atoms with Gasteiger partial charge in [0, 0.05) is 12.6 Å². The van der Waals surface area contributed by atoms with E-state index in [4.69, 9.17) is 10.00 Å². The van der Waals surface area contributed by atoms with E-state index in [9.17, 15) is 14.9 Å². The van der Waals surface area contributed by atoms with Crippen LogP contribution < -0.4 is 4.90 Å². The van der Waals surface area contributed by atoms with Gasteiger partial charge in [-0.1, -0.05) is 0 Å². The van der Waals surface area contributed by atoms with Crippen LogP contribution in [-0.2, 0) is 9.53 Å². The maximum atomic E-state index is 11.5. The average molecular weight is 277 g/mol. The molecular weight excluding hydrogens is 262 g/mol. The van der Waals surface area contributed by atoms with Gasteiger partial charge >= 0.3 is 5.97 Å². The Hall–Kier alpha value is -2.62. The van der Waals surface area contributed by atoms with Crippen LogP contribution in [0.1, 0.15) is 19.4 Å². The predicted octanol–water partition coefficient (Wildman–Crippen LogP) is 1.86. The summed E-state index contributed by atoms with van der Waals surface area (Å²) in [6.07, 6.45) is 0. The number of nitro groups is 1. The monoisotopic (exact) mass is 277 g/mol. The molecule has 1 rings (SSSR count). The molecule has 0 radical (unpaired) electrons. The van der Waals surface area contributed by atoms with Crippen molar-refractivity contribution in [2.75, 3.05) is 24.6 Å². The zero-order valence-corrected chi connectivity index (χ0v) is 11.3. The second-order valence-electron chi connectivity index (χ2n) is 3.89. The molecule has 1 aromatic carbocycles. The summed E-state index contributed by atoms with van der Waals surface area (Å²) < 4.78 is 4.84. The second kappa shape index (κ2) is 7.09. The molecule has 0 saturated heterocycles. The molecule has 0 amide bonds. The smallest absolute Gasteiger partial charge is 0.325 e. The van der Waals surface area contributed by atoms with Crippen molar-refractivity contribution in [2.24, 2.45) is 0 Å². The summed E-state index contributed by atoms with van der Waals surface area (Å²) in [5.41, 5.74) is 0.299. The highest BCUT2D eigenvalue weighted by Crippen LogP contribution is 2.29. The van der Waals surface area contributed by atoms with Crippen molar-refractivity contribution < 1.29 is 14.5 Å². The number of hydrogen-bond donors (Lipinski definition) is 0. The van der Waals surface area contributed by atoms with Crippen LogP contribution in [0, 0.1) is 21.4 Å². The highest BCUT2D eigenvalue weighted by Gasteiger charge is 2.21. The third kappa shape index (κ3) is 3.68. The van der Waals surface area contributed by atoms with Gasteiger partial charge in [-0.25, -0.2) is 0 Å². The fraction of sp³-hybridized carbons (Fsp3) is 0.385. The minimum Gasteiger partial charge on any atom is -0.465 e. The summed E-state index contributed by atoms with van der Waals surface area (Å²) in [6.45, 7) is 4.06. The first-order valence-corrected chi connectivity index (χ1v) is 6.12. The lowest BCUT2D eigenvalue weighted by Gasteiger charge is -2.21. The molecule has 0 aliphatic carbocycles. The molecule has 0 fully saturated rings. The summed E-state index contributed by atoms with van der Waals surface area (Å²) >= 11 is 0. The number of benzene rings is 1. The first-order chi connectivity index (χ1) is 9.53. The number of anilines is 1. The summed E-state index contributed by atoms with van der Waals surface area (Å²) in [4.78, 5) is 23.6. The largest absolute Gasteiger partial charge is 0.465 e. The Kier molecular flexibility index (Phi) is 5.47. The number of rotatable bonds is 6. The van der Waals surface area contributed by atoms with Gasteiger partial charge < -0.3 is 9.64 Å². The first-order valence-electron chi connectivity index (χ1n) is 6.12. The average Bonchev–Trinajstić information content (AvgIpc) is 2.44. The summed E-state index contributed by atoms with van der Waals surface area (Å²) in [5, 5.41) is 19.9. The Bertz CT molecular complexity index is 551. The lowest BCUT2D eigenvalue weighted by atomic mass is 10.1. The molecule has 0 heterocycles. The lowest BCUT2D eigenvalue weighted by molar-refractivity contribution is -0.384. The molecule has 0 atom stereocenters. The summed E-state index contributed by atoms with van der Waals surface area (Å²) in [6, 6.07) is 6.00. The molecule has 1 aromatic rings. The number of hydrogen-bond acceptors (Lipinski definition) is 6. The van der Waals surface area contributed by atoms with Crippen molar-refractivity contribution in [2.45, 2.75) is 13.8 Å². The Morgan fingerprint density at radius 2 is 2.20 bits per heavy atom. The van der Waals surface area contributed by atoms with Crippen molar-refractivity contribution >= 4 is 17.3 Å². The normalized spacial score (nSPS) is 9.65. The Balaban J connectivity index is 3.12. The maximum absolute atomic E-state index is 11.5. The van der Waals surface area contributed by atoms with Crippen LogP contribution in [0.2, 0.25) is 0 Å². The van der Waals surface area contributed by atoms with Crippen molar-refractivity contribution in [1.29, 1.82) is 5.26 Å². The SMILES string of the molecule is CCOC(=O)CN(CC)c1ccc(C#N)cc1[N+](=O)[O-]. The highest BCUT2D eigenvalue weighted by atomic mass is 16.6. The molecule has 7 heteroatoms. The van der Waals surface area contributed by atoms with Gasteiger partial charge in [0.05, 0.1) is 23.2 Å². The van der Waals surface area contributed by atoms with E-state index < -0.39 is 10.9 Å². The topological polar surface area (TPSA) is 96.5 Å². The van der Waals surface area contributed by atoms with E-state index in [1.807, 2.05) is 6.07 Å². The fourth-order valence-corrected chi connectivity index (χ4v) is 1.74. The van der Waals surface area contributed by atoms with Crippen LogP contribution >= 0.6 is 0 Å². The zero-order chi connectivity index (χ0) is 15.1. The van der Waals surface area contributed by atoms with Crippen LogP contribution in [0.4, 0.5) is 11.4 Å². The molecule has 0 aliphatic heterocycles. The highest BCUT2D eigenvalue weighted by molar-refractivity contribution is 5.78. The number of nitro benzene ring substituents is 1. The quantitative estimate of drug-likeness (QED) is 0.447. The number of likely N-dealkylation sites (N-methyl/N-ethyl adjacent to an activating group) is 1. The predicted molar refractivity (Wildman–Crippen MR) is 72.3 cm³/mol. The minimum absolute atomic E-state index is 0.0723. The molecule has 0 aromatic heterocycles. The van der Waals surface area contributed by atoms with Gasteiger partial charge in [-0.3, -0.25) is 14.9 Å². The Morgan fingerprint density at radius 1 is 1.50 bits per heavy atom. The molecule has 0 unspecified atom stereocenters. The van der Waals surface area contributed by atoms with Gasteiger partial charge in [-0.15, -0.1) is 0 Å². The fourth-order valence-electron chi connectivity index (χ4n) is 1.74. The molecule has 0 aliphatic rings. The third-order valence-electron chi connectivity index (χ3n) is 2.65. The first kappa shape index (κ1) is 15.4. The van der Waals surface area contributed by atoms with Crippen LogP contribution in [0.15, 0.2) is 18.2 Å². The second-order valence-corrected chi connectivity index (χ2v) is 3.89. The van der Waals surface area contributed by atoms with Crippen molar-refractivity contribution in [3.63, 3.8) is 0 Å². The van der Waals surface area contributed by atoms with Gasteiger partial charge in [-0.05, 0) is 26.0 Å². The molecule has 106 valence electrons. The van der Waals surface area contributed by atoms with E-state index in [-0.39, 0.29) is 24.4 Å². The molecule has 0 N–H and O–H groups in total. The van der Waals surface area contributed by atoms with Gasteiger partial charge in [-0.2, -0.15) is 5.26 Å². The van der Waals surface area contributed by atoms with E-state index in [2.05, 4.69) is 0 Å². The molecule has 7 nitrogen and oxygen atoms in total. The molecule has 20 heavy (non-hydrogen) atoms. The molecular formula is C13H15N3O4. The van der Waals surface area contributed by atoms with Gasteiger partial charge in [0.15, 0.2) is 0 Å². The van der Waals surface area contributed by atoms with Crippen molar-refractivity contribution in [1.82, 2.24) is 0 Å². The number of nitrogens with zero attached hydrogens (tertiary/aromatic N) is 3. The number of nitriles is 1. The number of esters is 1. The molecule has 0 bridgehead atoms. The van der Waals surface area contributed by atoms with Gasteiger partial charge in [0.1, 0.15) is 12.2 Å². The zero-order valence-electron chi connectivity index (χ0n) is 11.3. The summed E-state index contributed by atoms with van der Waals surface area (Å²) in [5.74, 6) is -0.451. The van der Waals surface area contributed by atoms with Crippen LogP contribution in [0.25, 0.3) is 0 Å². The minimum atomic E-state index is -0.565. The van der Waals surface area contributed by atoms with Crippen LogP contribution in [0.3, 0.4) is 0 Å². The van der Waals surface area contributed by atoms with E-state index in [1.54, 1.807) is 13.8 Å². The van der Waals surface area contributed by atoms with Crippen LogP contribution in [-0.4, -0.2) is 30.6 Å². The Labute approximate surface area is 116 Å². The summed E-state index contributed by atoms with van der Waals surface area (Å²) in [7, 11) is 0. The Morgan fingerprint density at radius 3 is 2.70 bits per heavy atom. The number of carbonyl (C=O) groups is 1. The molecule has 0 saturated carbocycles. The van der Waals surface area contributed by atoms with E-state index in [1.165, 1.54) is 23.1 Å². The van der Waals surface area contributed by atoms with Gasteiger partial charge in [0.25, 0.3) is 5.69 Å². The molecule has 0 spiro atoms. The maximum Gasteiger partial charge on any atom is 0.325 e.